The van der Waals surface area contributed by atoms with Crippen LogP contribution in [-0.4, -0.2) is 23.0 Å². The van der Waals surface area contributed by atoms with Crippen LogP contribution in [0.1, 0.15) is 29.2 Å². The summed E-state index contributed by atoms with van der Waals surface area (Å²) in [5, 5.41) is 4.17. The molecular formula is C22H21BrN2O2. The van der Waals surface area contributed by atoms with E-state index in [-0.39, 0.29) is 17.7 Å². The third-order valence-corrected chi connectivity index (χ3v) is 5.66. The van der Waals surface area contributed by atoms with Crippen molar-refractivity contribution < 1.29 is 9.32 Å². The molecule has 1 aliphatic rings. The van der Waals surface area contributed by atoms with Crippen LogP contribution in [0.4, 0.5) is 0 Å². The van der Waals surface area contributed by atoms with Crippen molar-refractivity contribution in [2.75, 3.05) is 7.05 Å². The molecule has 2 unspecified atom stereocenters. The van der Waals surface area contributed by atoms with Gasteiger partial charge in [-0.25, -0.2) is 0 Å². The first-order valence-corrected chi connectivity index (χ1v) is 9.85. The average Bonchev–Trinajstić information content (AvgIpc) is 3.37. The molecule has 2 aromatic carbocycles. The number of aromatic nitrogens is 1. The van der Waals surface area contributed by atoms with Crippen molar-refractivity contribution >= 4 is 21.8 Å². The van der Waals surface area contributed by atoms with Gasteiger partial charge in [0.1, 0.15) is 0 Å². The molecule has 0 radical (unpaired) electrons. The Morgan fingerprint density at radius 3 is 2.59 bits per heavy atom. The highest BCUT2D eigenvalue weighted by Crippen LogP contribution is 2.52. The van der Waals surface area contributed by atoms with Crippen molar-refractivity contribution in [1.82, 2.24) is 10.1 Å². The van der Waals surface area contributed by atoms with Gasteiger partial charge in [0.15, 0.2) is 5.76 Å². The van der Waals surface area contributed by atoms with Crippen molar-refractivity contribution in [2.24, 2.45) is 5.92 Å². The number of aryl methyl sites for hydroxylation is 1. The molecule has 3 aromatic rings. The van der Waals surface area contributed by atoms with E-state index in [0.717, 1.165) is 39.0 Å². The number of carbonyl (C=O) groups is 1. The Kier molecular flexibility index (Phi) is 4.87. The number of hydrogen-bond donors (Lipinski definition) is 0. The molecule has 1 aromatic heterocycles. The zero-order chi connectivity index (χ0) is 19.0. The van der Waals surface area contributed by atoms with E-state index < -0.39 is 0 Å². The van der Waals surface area contributed by atoms with Crippen LogP contribution in [0.25, 0.3) is 11.3 Å². The van der Waals surface area contributed by atoms with E-state index in [1.54, 1.807) is 0 Å². The van der Waals surface area contributed by atoms with Gasteiger partial charge in [-0.15, -0.1) is 0 Å². The zero-order valence-electron chi connectivity index (χ0n) is 15.4. The smallest absolute Gasteiger partial charge is 0.226 e. The molecule has 27 heavy (non-hydrogen) atoms. The number of amides is 1. The molecular weight excluding hydrogens is 404 g/mol. The third kappa shape index (κ3) is 3.69. The highest BCUT2D eigenvalue weighted by molar-refractivity contribution is 9.10. The molecule has 1 saturated carbocycles. The van der Waals surface area contributed by atoms with Gasteiger partial charge in [-0.2, -0.15) is 0 Å². The lowest BCUT2D eigenvalue weighted by atomic mass is 10.0. The maximum Gasteiger partial charge on any atom is 0.226 e. The van der Waals surface area contributed by atoms with Crippen molar-refractivity contribution in [2.45, 2.75) is 25.8 Å². The standard InChI is InChI=1S/C22H21BrN2O2/c1-14-20(21(27-24-14)16-8-10-17(23)11-9-16)18-12-19(18)22(26)25(2)13-15-6-4-3-5-7-15/h3-11,18-19H,12-13H2,1-2H3. The van der Waals surface area contributed by atoms with Crippen molar-refractivity contribution in [1.29, 1.82) is 0 Å². The molecule has 0 aliphatic heterocycles. The van der Waals surface area contributed by atoms with Crippen molar-refractivity contribution in [3.63, 3.8) is 0 Å². The first kappa shape index (κ1) is 18.0. The summed E-state index contributed by atoms with van der Waals surface area (Å²) in [6, 6.07) is 18.1. The summed E-state index contributed by atoms with van der Waals surface area (Å²) in [5.41, 5.74) is 4.08. The fourth-order valence-electron chi connectivity index (χ4n) is 3.63. The lowest BCUT2D eigenvalue weighted by molar-refractivity contribution is -0.131. The number of benzene rings is 2. The molecule has 138 valence electrons. The first-order valence-electron chi connectivity index (χ1n) is 9.05. The number of hydrogen-bond acceptors (Lipinski definition) is 3. The Labute approximate surface area is 167 Å². The van der Waals surface area contributed by atoms with Crippen LogP contribution in [0, 0.1) is 12.8 Å². The molecule has 0 saturated heterocycles. The molecule has 0 N–H and O–H groups in total. The monoisotopic (exact) mass is 424 g/mol. The maximum absolute atomic E-state index is 12.9. The van der Waals surface area contributed by atoms with E-state index in [4.69, 9.17) is 4.52 Å². The van der Waals surface area contributed by atoms with Crippen LogP contribution in [-0.2, 0) is 11.3 Å². The summed E-state index contributed by atoms with van der Waals surface area (Å²) in [5.74, 6) is 1.16. The van der Waals surface area contributed by atoms with E-state index in [9.17, 15) is 4.79 Å². The van der Waals surface area contributed by atoms with Crippen LogP contribution in [0.2, 0.25) is 0 Å². The van der Waals surface area contributed by atoms with E-state index in [2.05, 4.69) is 21.1 Å². The lowest BCUT2D eigenvalue weighted by Crippen LogP contribution is -2.28. The summed E-state index contributed by atoms with van der Waals surface area (Å²) < 4.78 is 6.64. The predicted molar refractivity (Wildman–Crippen MR) is 108 cm³/mol. The number of halogens is 1. The van der Waals surface area contributed by atoms with Crippen LogP contribution in [0.15, 0.2) is 63.6 Å². The van der Waals surface area contributed by atoms with Gasteiger partial charge in [-0.05, 0) is 31.0 Å². The average molecular weight is 425 g/mol. The van der Waals surface area contributed by atoms with Crippen LogP contribution in [0.5, 0.6) is 0 Å². The largest absolute Gasteiger partial charge is 0.356 e. The maximum atomic E-state index is 12.9. The van der Waals surface area contributed by atoms with Crippen molar-refractivity contribution in [3.8, 4) is 11.3 Å². The van der Waals surface area contributed by atoms with Gasteiger partial charge in [0.2, 0.25) is 5.91 Å². The molecule has 5 heteroatoms. The highest BCUT2D eigenvalue weighted by Gasteiger charge is 2.48. The summed E-state index contributed by atoms with van der Waals surface area (Å²) in [6.07, 6.45) is 0.851. The van der Waals surface area contributed by atoms with E-state index in [1.807, 2.05) is 73.5 Å². The fraction of sp³-hybridized carbons (Fsp3) is 0.273. The minimum atomic E-state index is 0.00557. The zero-order valence-corrected chi connectivity index (χ0v) is 16.9. The molecule has 0 bridgehead atoms. The molecule has 1 fully saturated rings. The SMILES string of the molecule is Cc1noc(-c2ccc(Br)cc2)c1C1CC1C(=O)N(C)Cc1ccccc1. The van der Waals surface area contributed by atoms with Gasteiger partial charge < -0.3 is 9.42 Å². The second-order valence-electron chi connectivity index (χ2n) is 7.15. The Hall–Kier alpha value is -2.40. The molecule has 1 heterocycles. The lowest BCUT2D eigenvalue weighted by Gasteiger charge is -2.17. The van der Waals surface area contributed by atoms with Crippen molar-refractivity contribution in [3.05, 3.63) is 75.9 Å². The molecule has 1 aliphatic carbocycles. The normalized spacial score (nSPS) is 18.3. The Bertz CT molecular complexity index is 950. The van der Waals surface area contributed by atoms with E-state index in [1.165, 1.54) is 0 Å². The summed E-state index contributed by atoms with van der Waals surface area (Å²) in [4.78, 5) is 14.7. The third-order valence-electron chi connectivity index (χ3n) is 5.13. The molecule has 0 spiro atoms. The fourth-order valence-corrected chi connectivity index (χ4v) is 3.89. The van der Waals surface area contributed by atoms with Crippen LogP contribution in [0.3, 0.4) is 0 Å². The quantitative estimate of drug-likeness (QED) is 0.566. The second kappa shape index (κ2) is 7.31. The minimum absolute atomic E-state index is 0.00557. The van der Waals surface area contributed by atoms with Crippen LogP contribution >= 0.6 is 15.9 Å². The summed E-state index contributed by atoms with van der Waals surface area (Å²) in [6.45, 7) is 2.58. The predicted octanol–water partition coefficient (Wildman–Crippen LogP) is 5.17. The second-order valence-corrected chi connectivity index (χ2v) is 8.06. The minimum Gasteiger partial charge on any atom is -0.356 e. The Morgan fingerprint density at radius 1 is 1.19 bits per heavy atom. The number of rotatable bonds is 5. The molecule has 2 atom stereocenters. The van der Waals surface area contributed by atoms with Crippen LogP contribution < -0.4 is 0 Å². The topological polar surface area (TPSA) is 46.3 Å². The van der Waals surface area contributed by atoms with Gasteiger partial charge in [0.05, 0.1) is 5.69 Å². The van der Waals surface area contributed by atoms with Gasteiger partial charge in [0.25, 0.3) is 0 Å². The summed E-state index contributed by atoms with van der Waals surface area (Å²) >= 11 is 3.46. The first-order chi connectivity index (χ1) is 13.0. The highest BCUT2D eigenvalue weighted by atomic mass is 79.9. The Balaban J connectivity index is 1.51. The van der Waals surface area contributed by atoms with Gasteiger partial charge in [-0.1, -0.05) is 63.6 Å². The van der Waals surface area contributed by atoms with Gasteiger partial charge >= 0.3 is 0 Å². The van der Waals surface area contributed by atoms with Gasteiger partial charge in [0, 0.05) is 41.0 Å². The number of nitrogens with zero attached hydrogens (tertiary/aromatic N) is 2. The summed E-state index contributed by atoms with van der Waals surface area (Å²) in [7, 11) is 1.88. The molecule has 1 amide bonds. The van der Waals surface area contributed by atoms with E-state index in [0.29, 0.717) is 6.54 Å². The van der Waals surface area contributed by atoms with E-state index >= 15 is 0 Å². The van der Waals surface area contributed by atoms with Gasteiger partial charge in [-0.3, -0.25) is 4.79 Å². The molecule has 4 nitrogen and oxygen atoms in total. The Morgan fingerprint density at radius 2 is 1.89 bits per heavy atom. The number of carbonyl (C=O) groups excluding carboxylic acids is 1. The molecule has 4 rings (SSSR count).